The molecule has 2 aromatic rings. The van der Waals surface area contributed by atoms with Crippen molar-refractivity contribution in [3.05, 3.63) is 45.6 Å². The van der Waals surface area contributed by atoms with Crippen LogP contribution in [0, 0.1) is 0 Å². The van der Waals surface area contributed by atoms with E-state index in [1.165, 1.54) is 27.4 Å². The van der Waals surface area contributed by atoms with Crippen molar-refractivity contribution in [3.8, 4) is 34.1 Å². The number of rotatable bonds is 9. The molecular weight excluding hydrogens is 494 g/mol. The summed E-state index contributed by atoms with van der Waals surface area (Å²) in [6.45, 7) is 0. The monoisotopic (exact) mass is 523 g/mol. The Labute approximate surface area is 208 Å². The Morgan fingerprint density at radius 1 is 1.03 bits per heavy atom. The third kappa shape index (κ3) is 6.02. The smallest absolute Gasteiger partial charge is 0.221 e. The highest BCUT2D eigenvalue weighted by atomic mass is 33.1. The Hall–Kier alpha value is -2.92. The van der Waals surface area contributed by atoms with Gasteiger partial charge in [0.2, 0.25) is 17.1 Å². The van der Waals surface area contributed by atoms with E-state index in [0.717, 1.165) is 28.2 Å². The van der Waals surface area contributed by atoms with Crippen LogP contribution in [0.25, 0.3) is 11.1 Å². The van der Waals surface area contributed by atoms with Crippen molar-refractivity contribution in [1.29, 1.82) is 0 Å². The fourth-order valence-corrected chi connectivity index (χ4v) is 5.90. The molecular formula is C24H29NO8S2. The lowest BCUT2D eigenvalue weighted by Gasteiger charge is -2.20. The largest absolute Gasteiger partial charge is 0.493 e. The van der Waals surface area contributed by atoms with Crippen LogP contribution in [0.3, 0.4) is 0 Å². The van der Waals surface area contributed by atoms with Gasteiger partial charge in [0.25, 0.3) is 0 Å². The van der Waals surface area contributed by atoms with Crippen molar-refractivity contribution in [1.82, 2.24) is 5.32 Å². The number of methoxy groups -OCH3 is 4. The molecule has 9 nitrogen and oxygen atoms in total. The average molecular weight is 524 g/mol. The van der Waals surface area contributed by atoms with E-state index in [9.17, 15) is 18.0 Å². The third-order valence-corrected chi connectivity index (χ3v) is 8.27. The number of amides is 1. The number of carbonyl (C=O) groups excluding carboxylic acids is 1. The molecule has 0 radical (unpaired) electrons. The van der Waals surface area contributed by atoms with Gasteiger partial charge in [-0.1, -0.05) is 6.07 Å². The van der Waals surface area contributed by atoms with Gasteiger partial charge < -0.3 is 24.3 Å². The van der Waals surface area contributed by atoms with Gasteiger partial charge in [0.1, 0.15) is 0 Å². The quantitative estimate of drug-likeness (QED) is 0.495. The lowest BCUT2D eigenvalue weighted by Crippen LogP contribution is -2.29. The van der Waals surface area contributed by atoms with Crippen molar-refractivity contribution >= 4 is 25.6 Å². The van der Waals surface area contributed by atoms with Gasteiger partial charge in [0, 0.05) is 24.0 Å². The van der Waals surface area contributed by atoms with E-state index in [1.54, 1.807) is 19.2 Å². The summed E-state index contributed by atoms with van der Waals surface area (Å²) in [4.78, 5) is 25.6. The van der Waals surface area contributed by atoms with Crippen LogP contribution in [-0.2, 0) is 20.1 Å². The SMILES string of the molecule is COc1cc2c(c(OC)c1OC)-c1ccc(OC)c(=O)cc1[C@@H](NC(=O)CCSS(C)(=O)=O)CC2. The normalized spacial score (nSPS) is 14.7. The van der Waals surface area contributed by atoms with Crippen LogP contribution in [0.15, 0.2) is 29.1 Å². The summed E-state index contributed by atoms with van der Waals surface area (Å²) in [6, 6.07) is 6.20. The predicted octanol–water partition coefficient (Wildman–Crippen LogP) is 2.93. The standard InChI is InChI=1S/C24H29NO8S2/c1-30-19-9-7-15-16(13-18(19)26)17(25-21(27)10-11-34-35(5,28)29)8-6-14-12-20(31-2)23(32-3)24(33-4)22(14)15/h7,9,12-13,17H,6,8,10-11H2,1-5H3,(H,25,27)/t17-/m0/s1. The molecule has 1 N–H and O–H groups in total. The van der Waals surface area contributed by atoms with Gasteiger partial charge in [-0.2, -0.15) is 0 Å². The summed E-state index contributed by atoms with van der Waals surface area (Å²) in [7, 11) is 3.49. The van der Waals surface area contributed by atoms with Crippen LogP contribution in [0.4, 0.5) is 0 Å². The maximum absolute atomic E-state index is 12.9. The molecule has 11 heteroatoms. The zero-order valence-corrected chi connectivity index (χ0v) is 21.9. The Bertz CT molecular complexity index is 1280. The molecule has 1 aliphatic carbocycles. The molecule has 0 aliphatic heterocycles. The second-order valence-electron chi connectivity index (χ2n) is 7.89. The number of fused-ring (bicyclic) bond motifs is 3. The molecule has 0 saturated carbocycles. The third-order valence-electron chi connectivity index (χ3n) is 5.68. The Kier molecular flexibility index (Phi) is 8.55. The van der Waals surface area contributed by atoms with E-state index >= 15 is 0 Å². The Morgan fingerprint density at radius 3 is 2.31 bits per heavy atom. The van der Waals surface area contributed by atoms with Gasteiger partial charge in [-0.3, -0.25) is 9.59 Å². The lowest BCUT2D eigenvalue weighted by atomic mass is 9.95. The molecule has 0 heterocycles. The minimum Gasteiger partial charge on any atom is -0.493 e. The van der Waals surface area contributed by atoms with Crippen molar-refractivity contribution < 1.29 is 32.2 Å². The zero-order valence-electron chi connectivity index (χ0n) is 20.3. The van der Waals surface area contributed by atoms with Crippen LogP contribution in [0.5, 0.6) is 23.0 Å². The minimum atomic E-state index is -3.24. The van der Waals surface area contributed by atoms with E-state index in [1.807, 2.05) is 6.07 Å². The summed E-state index contributed by atoms with van der Waals surface area (Å²) in [5, 5.41) is 2.98. The number of carbonyl (C=O) groups is 1. The molecule has 1 amide bonds. The topological polar surface area (TPSA) is 117 Å². The number of hydrogen-bond donors (Lipinski definition) is 1. The fraction of sp³-hybridized carbons (Fsp3) is 0.417. The first-order valence-corrected chi connectivity index (χ1v) is 14.2. The van der Waals surface area contributed by atoms with Crippen molar-refractivity contribution in [3.63, 3.8) is 0 Å². The number of ether oxygens (including phenoxy) is 4. The molecule has 3 rings (SSSR count). The predicted molar refractivity (Wildman–Crippen MR) is 135 cm³/mol. The Morgan fingerprint density at radius 2 is 1.71 bits per heavy atom. The lowest BCUT2D eigenvalue weighted by molar-refractivity contribution is -0.121. The average Bonchev–Trinajstić information content (AvgIpc) is 3.05. The zero-order chi connectivity index (χ0) is 25.8. The first kappa shape index (κ1) is 26.7. The molecule has 1 aliphatic rings. The first-order chi connectivity index (χ1) is 16.6. The number of hydrogen-bond acceptors (Lipinski definition) is 9. The van der Waals surface area contributed by atoms with Gasteiger partial charge in [0.15, 0.2) is 26.1 Å². The summed E-state index contributed by atoms with van der Waals surface area (Å²) in [6.07, 6.45) is 2.18. The second-order valence-corrected chi connectivity index (χ2v) is 12.5. The maximum Gasteiger partial charge on any atom is 0.221 e. The molecule has 35 heavy (non-hydrogen) atoms. The van der Waals surface area contributed by atoms with Gasteiger partial charge in [-0.25, -0.2) is 8.42 Å². The van der Waals surface area contributed by atoms with Crippen LogP contribution >= 0.6 is 10.8 Å². The van der Waals surface area contributed by atoms with Crippen molar-refractivity contribution in [2.45, 2.75) is 25.3 Å². The van der Waals surface area contributed by atoms with E-state index in [-0.39, 0.29) is 29.3 Å². The first-order valence-electron chi connectivity index (χ1n) is 10.8. The highest BCUT2D eigenvalue weighted by Gasteiger charge is 2.29. The molecule has 2 aromatic carbocycles. The minimum absolute atomic E-state index is 0.0218. The maximum atomic E-state index is 12.9. The summed E-state index contributed by atoms with van der Waals surface area (Å²) in [5.41, 5.74) is 2.60. The fourth-order valence-electron chi connectivity index (χ4n) is 4.17. The van der Waals surface area contributed by atoms with Crippen LogP contribution in [0.2, 0.25) is 0 Å². The van der Waals surface area contributed by atoms with E-state index in [0.29, 0.717) is 41.2 Å². The molecule has 0 bridgehead atoms. The summed E-state index contributed by atoms with van der Waals surface area (Å²) in [5.74, 6) is 1.37. The van der Waals surface area contributed by atoms with Crippen LogP contribution in [0.1, 0.15) is 30.0 Å². The number of aryl methyl sites for hydroxylation is 1. The van der Waals surface area contributed by atoms with E-state index in [4.69, 9.17) is 18.9 Å². The molecule has 0 unspecified atom stereocenters. The highest BCUT2D eigenvalue weighted by molar-refractivity contribution is 8.71. The van der Waals surface area contributed by atoms with Crippen molar-refractivity contribution in [2.75, 3.05) is 40.4 Å². The molecule has 190 valence electrons. The number of nitrogens with one attached hydrogen (secondary N) is 1. The summed E-state index contributed by atoms with van der Waals surface area (Å²) >= 11 is 0. The molecule has 0 saturated heterocycles. The van der Waals surface area contributed by atoms with Crippen molar-refractivity contribution in [2.24, 2.45) is 0 Å². The van der Waals surface area contributed by atoms with E-state index < -0.39 is 14.9 Å². The van der Waals surface area contributed by atoms with Crippen LogP contribution in [-0.4, -0.2) is 54.8 Å². The molecule has 1 atom stereocenters. The molecule has 0 fully saturated rings. The number of benzene rings is 1. The van der Waals surface area contributed by atoms with Gasteiger partial charge in [0.05, 0.1) is 34.5 Å². The van der Waals surface area contributed by atoms with Gasteiger partial charge in [-0.05, 0) is 58.5 Å². The van der Waals surface area contributed by atoms with E-state index in [2.05, 4.69) is 5.32 Å². The van der Waals surface area contributed by atoms with Gasteiger partial charge >= 0.3 is 0 Å². The highest BCUT2D eigenvalue weighted by Crippen LogP contribution is 2.50. The van der Waals surface area contributed by atoms with Crippen LogP contribution < -0.4 is 29.7 Å². The second kappa shape index (κ2) is 11.2. The van der Waals surface area contributed by atoms with Gasteiger partial charge in [-0.15, -0.1) is 0 Å². The molecule has 0 spiro atoms. The Balaban J connectivity index is 2.15. The summed E-state index contributed by atoms with van der Waals surface area (Å²) < 4.78 is 44.9. The molecule has 0 aromatic heterocycles.